The first-order valence-electron chi connectivity index (χ1n) is 5.69. The van der Waals surface area contributed by atoms with Crippen LogP contribution in [0.5, 0.6) is 0 Å². The van der Waals surface area contributed by atoms with Crippen molar-refractivity contribution in [2.75, 3.05) is 0 Å². The highest BCUT2D eigenvalue weighted by Gasteiger charge is 2.38. The number of thiophene rings is 1. The maximum absolute atomic E-state index is 12.0. The minimum atomic E-state index is -1.06. The molecule has 2 aromatic rings. The maximum Gasteiger partial charge on any atom is 0.154 e. The minimum absolute atomic E-state index is 0.107. The van der Waals surface area contributed by atoms with Crippen LogP contribution < -0.4 is 0 Å². The van der Waals surface area contributed by atoms with Crippen LogP contribution in [0.25, 0.3) is 0 Å². The van der Waals surface area contributed by atoms with Gasteiger partial charge in [0.25, 0.3) is 0 Å². The third kappa shape index (κ3) is 2.20. The van der Waals surface area contributed by atoms with Gasteiger partial charge in [-0.05, 0) is 23.9 Å². The number of nitriles is 1. The Balaban J connectivity index is 2.48. The van der Waals surface area contributed by atoms with Crippen LogP contribution in [0, 0.1) is 11.3 Å². The Morgan fingerprint density at radius 3 is 2.50 bits per heavy atom. The number of carbonyl (C=O) groups is 1. The van der Waals surface area contributed by atoms with E-state index in [2.05, 4.69) is 6.07 Å². The summed E-state index contributed by atoms with van der Waals surface area (Å²) < 4.78 is 0. The van der Waals surface area contributed by atoms with Crippen LogP contribution >= 0.6 is 11.3 Å². The highest BCUT2D eigenvalue weighted by atomic mass is 32.1. The fourth-order valence-corrected chi connectivity index (χ4v) is 2.80. The lowest BCUT2D eigenvalue weighted by molar-refractivity contribution is -0.120. The van der Waals surface area contributed by atoms with Gasteiger partial charge in [0.2, 0.25) is 0 Å². The molecule has 0 spiro atoms. The lowest BCUT2D eigenvalue weighted by Gasteiger charge is -2.23. The molecule has 18 heavy (non-hydrogen) atoms. The van der Waals surface area contributed by atoms with Gasteiger partial charge in [0, 0.05) is 11.3 Å². The molecule has 0 radical (unpaired) electrons. The molecule has 0 aliphatic carbocycles. The van der Waals surface area contributed by atoms with E-state index in [4.69, 9.17) is 0 Å². The van der Waals surface area contributed by atoms with Gasteiger partial charge in [-0.25, -0.2) is 0 Å². The Kier molecular flexibility index (Phi) is 3.59. The van der Waals surface area contributed by atoms with Crippen molar-refractivity contribution in [3.63, 3.8) is 0 Å². The van der Waals surface area contributed by atoms with Crippen molar-refractivity contribution in [2.45, 2.75) is 18.8 Å². The zero-order valence-corrected chi connectivity index (χ0v) is 10.9. The molecule has 1 aromatic carbocycles. The molecule has 90 valence electrons. The summed E-state index contributed by atoms with van der Waals surface area (Å²) in [6, 6.07) is 15.4. The fourth-order valence-electron chi connectivity index (χ4n) is 2.01. The zero-order chi connectivity index (χ0) is 13.0. The molecule has 3 heteroatoms. The van der Waals surface area contributed by atoms with Crippen LogP contribution in [0.4, 0.5) is 0 Å². The first-order chi connectivity index (χ1) is 8.69. The molecule has 0 aliphatic heterocycles. The van der Waals surface area contributed by atoms with Gasteiger partial charge in [-0.2, -0.15) is 5.26 Å². The van der Waals surface area contributed by atoms with Crippen LogP contribution in [-0.4, -0.2) is 5.78 Å². The van der Waals surface area contributed by atoms with Crippen molar-refractivity contribution in [3.05, 3.63) is 58.3 Å². The maximum atomic E-state index is 12.0. The van der Waals surface area contributed by atoms with E-state index < -0.39 is 5.41 Å². The van der Waals surface area contributed by atoms with E-state index in [1.807, 2.05) is 47.8 Å². The number of nitrogens with zero attached hydrogens (tertiary/aromatic N) is 1. The van der Waals surface area contributed by atoms with Crippen molar-refractivity contribution in [1.29, 1.82) is 5.26 Å². The van der Waals surface area contributed by atoms with Gasteiger partial charge in [-0.15, -0.1) is 11.3 Å². The van der Waals surface area contributed by atoms with E-state index in [1.165, 1.54) is 6.92 Å². The van der Waals surface area contributed by atoms with Crippen molar-refractivity contribution >= 4 is 17.1 Å². The molecule has 0 aliphatic rings. The number of hydrogen-bond donors (Lipinski definition) is 0. The molecule has 0 N–H and O–H groups in total. The second-order valence-corrected chi connectivity index (χ2v) is 5.23. The normalized spacial score (nSPS) is 13.6. The van der Waals surface area contributed by atoms with Crippen LogP contribution in [0.2, 0.25) is 0 Å². The minimum Gasteiger partial charge on any atom is -0.298 e. The molecule has 1 unspecified atom stereocenters. The summed E-state index contributed by atoms with van der Waals surface area (Å²) in [4.78, 5) is 13.1. The molecule has 1 aromatic heterocycles. The van der Waals surface area contributed by atoms with Gasteiger partial charge in [0.15, 0.2) is 5.78 Å². The Hall–Kier alpha value is -1.92. The second kappa shape index (κ2) is 5.16. The van der Waals surface area contributed by atoms with Crippen LogP contribution in [0.15, 0.2) is 47.8 Å². The molecule has 0 fully saturated rings. The molecule has 1 atom stereocenters. The fraction of sp³-hybridized carbons (Fsp3) is 0.200. The Labute approximate surface area is 111 Å². The quantitative estimate of drug-likeness (QED) is 0.840. The van der Waals surface area contributed by atoms with Gasteiger partial charge in [0.05, 0.1) is 6.07 Å². The van der Waals surface area contributed by atoms with Crippen LogP contribution in [-0.2, 0) is 16.6 Å². The van der Waals surface area contributed by atoms with Gasteiger partial charge < -0.3 is 0 Å². The highest BCUT2D eigenvalue weighted by molar-refractivity contribution is 7.09. The first kappa shape index (κ1) is 12.5. The SMILES string of the molecule is CC(=O)C(C#N)(Cc1cccs1)c1ccccc1. The second-order valence-electron chi connectivity index (χ2n) is 4.20. The largest absolute Gasteiger partial charge is 0.298 e. The topological polar surface area (TPSA) is 40.9 Å². The molecule has 2 rings (SSSR count). The third-order valence-electron chi connectivity index (χ3n) is 3.08. The first-order valence-corrected chi connectivity index (χ1v) is 6.57. The standard InChI is InChI=1S/C15H13NOS/c1-12(17)15(11-16,10-14-8-5-9-18-14)13-6-3-2-4-7-13/h2-9H,10H2,1H3. The molecular weight excluding hydrogens is 242 g/mol. The molecule has 2 nitrogen and oxygen atoms in total. The predicted molar refractivity (Wildman–Crippen MR) is 72.4 cm³/mol. The number of hydrogen-bond acceptors (Lipinski definition) is 3. The lowest BCUT2D eigenvalue weighted by Crippen LogP contribution is -2.34. The van der Waals surface area contributed by atoms with E-state index >= 15 is 0 Å². The summed E-state index contributed by atoms with van der Waals surface area (Å²) >= 11 is 1.57. The summed E-state index contributed by atoms with van der Waals surface area (Å²) in [5.74, 6) is -0.107. The van der Waals surface area contributed by atoms with E-state index in [-0.39, 0.29) is 5.78 Å². The number of benzene rings is 1. The van der Waals surface area contributed by atoms with Crippen LogP contribution in [0.3, 0.4) is 0 Å². The summed E-state index contributed by atoms with van der Waals surface area (Å²) in [5.41, 5.74) is -0.292. The summed E-state index contributed by atoms with van der Waals surface area (Å²) in [7, 11) is 0. The lowest BCUT2D eigenvalue weighted by atomic mass is 9.75. The summed E-state index contributed by atoms with van der Waals surface area (Å²) in [5, 5.41) is 11.5. The smallest absolute Gasteiger partial charge is 0.154 e. The Morgan fingerprint density at radius 2 is 2.00 bits per heavy atom. The van der Waals surface area contributed by atoms with Crippen molar-refractivity contribution < 1.29 is 4.79 Å². The van der Waals surface area contributed by atoms with E-state index in [1.54, 1.807) is 11.3 Å². The molecule has 0 saturated carbocycles. The van der Waals surface area contributed by atoms with Crippen molar-refractivity contribution in [2.24, 2.45) is 0 Å². The Bertz CT molecular complexity index is 568. The number of carbonyl (C=O) groups excluding carboxylic acids is 1. The van der Waals surface area contributed by atoms with E-state index in [0.29, 0.717) is 6.42 Å². The predicted octanol–water partition coefficient (Wildman–Crippen LogP) is 3.34. The van der Waals surface area contributed by atoms with E-state index in [9.17, 15) is 10.1 Å². The van der Waals surface area contributed by atoms with E-state index in [0.717, 1.165) is 10.4 Å². The highest BCUT2D eigenvalue weighted by Crippen LogP contribution is 2.30. The molecule has 1 heterocycles. The summed E-state index contributed by atoms with van der Waals surface area (Å²) in [6.45, 7) is 1.49. The van der Waals surface area contributed by atoms with Gasteiger partial charge in [0.1, 0.15) is 5.41 Å². The van der Waals surface area contributed by atoms with Crippen molar-refractivity contribution in [1.82, 2.24) is 0 Å². The molecule has 0 amide bonds. The molecule has 0 saturated heterocycles. The van der Waals surface area contributed by atoms with Gasteiger partial charge >= 0.3 is 0 Å². The number of Topliss-reactive ketones (excluding diaryl/α,β-unsaturated/α-hetero) is 1. The van der Waals surface area contributed by atoms with Crippen LogP contribution in [0.1, 0.15) is 17.4 Å². The van der Waals surface area contributed by atoms with Gasteiger partial charge in [-0.3, -0.25) is 4.79 Å². The number of rotatable bonds is 4. The Morgan fingerprint density at radius 1 is 1.28 bits per heavy atom. The zero-order valence-electron chi connectivity index (χ0n) is 10.1. The molecular formula is C15H13NOS. The number of ketones is 1. The molecule has 0 bridgehead atoms. The average Bonchev–Trinajstić information content (AvgIpc) is 2.89. The van der Waals surface area contributed by atoms with Crippen molar-refractivity contribution in [3.8, 4) is 6.07 Å². The summed E-state index contributed by atoms with van der Waals surface area (Å²) in [6.07, 6.45) is 0.445. The monoisotopic (exact) mass is 255 g/mol. The average molecular weight is 255 g/mol. The third-order valence-corrected chi connectivity index (χ3v) is 3.95. The van der Waals surface area contributed by atoms with Gasteiger partial charge in [-0.1, -0.05) is 36.4 Å².